The van der Waals surface area contributed by atoms with Crippen LogP contribution in [0.3, 0.4) is 0 Å². The second-order valence-corrected chi connectivity index (χ2v) is 9.05. The fourth-order valence-electron chi connectivity index (χ4n) is 4.26. The van der Waals surface area contributed by atoms with Crippen molar-refractivity contribution in [1.82, 2.24) is 24.2 Å². The Balaban J connectivity index is 1.45. The number of morpholine rings is 1. The molecule has 162 valence electrons. The van der Waals surface area contributed by atoms with Gasteiger partial charge in [-0.1, -0.05) is 11.8 Å². The second-order valence-electron chi connectivity index (χ2n) is 8.06. The average molecular weight is 444 g/mol. The number of thioether (sulfide) groups is 1. The summed E-state index contributed by atoms with van der Waals surface area (Å²) in [4.78, 5) is 32.6. The van der Waals surface area contributed by atoms with E-state index in [1.165, 1.54) is 34.8 Å². The standard InChI is InChI=1S/C21H22FN5O3S/c1-12-9-25(10-13(2)30-12)18(28)7-16-11-31-21-24-19-17(20(29)26(16)21)8-23-27(19)15-5-3-14(22)4-6-15/h3-6,8,12-13,16H,7,9-11H2,1-2H3. The minimum Gasteiger partial charge on any atom is -0.372 e. The first-order chi connectivity index (χ1) is 14.9. The van der Waals surface area contributed by atoms with Gasteiger partial charge in [0.25, 0.3) is 5.56 Å². The van der Waals surface area contributed by atoms with E-state index in [1.807, 2.05) is 18.7 Å². The van der Waals surface area contributed by atoms with Crippen molar-refractivity contribution in [3.8, 4) is 5.69 Å². The smallest absolute Gasteiger partial charge is 0.265 e. The number of fused-ring (bicyclic) bond motifs is 2. The summed E-state index contributed by atoms with van der Waals surface area (Å²) in [5.74, 6) is 0.288. The van der Waals surface area contributed by atoms with Gasteiger partial charge < -0.3 is 9.64 Å². The highest BCUT2D eigenvalue weighted by atomic mass is 32.2. The predicted octanol–water partition coefficient (Wildman–Crippen LogP) is 2.39. The minimum atomic E-state index is -0.346. The van der Waals surface area contributed by atoms with E-state index < -0.39 is 0 Å². The summed E-state index contributed by atoms with van der Waals surface area (Å²) < 4.78 is 22.1. The Bertz CT molecular complexity index is 1200. The van der Waals surface area contributed by atoms with E-state index >= 15 is 0 Å². The number of hydrogen-bond acceptors (Lipinski definition) is 6. The van der Waals surface area contributed by atoms with Crippen molar-refractivity contribution in [3.05, 3.63) is 46.6 Å². The van der Waals surface area contributed by atoms with Crippen molar-refractivity contribution in [2.75, 3.05) is 18.8 Å². The summed E-state index contributed by atoms with van der Waals surface area (Å²) in [5.41, 5.74) is 0.844. The Morgan fingerprint density at radius 2 is 1.94 bits per heavy atom. The fourth-order valence-corrected chi connectivity index (χ4v) is 5.39. The van der Waals surface area contributed by atoms with Gasteiger partial charge in [-0.25, -0.2) is 14.1 Å². The summed E-state index contributed by atoms with van der Waals surface area (Å²) in [6.07, 6.45) is 1.73. The molecule has 3 aromatic rings. The van der Waals surface area contributed by atoms with Crippen LogP contribution in [0.5, 0.6) is 0 Å². The van der Waals surface area contributed by atoms with Crippen molar-refractivity contribution in [2.45, 2.75) is 43.7 Å². The first-order valence-electron chi connectivity index (χ1n) is 10.2. The van der Waals surface area contributed by atoms with Crippen molar-refractivity contribution in [3.63, 3.8) is 0 Å². The molecule has 1 fully saturated rings. The van der Waals surface area contributed by atoms with Crippen LogP contribution in [-0.4, -0.2) is 61.2 Å². The Morgan fingerprint density at radius 3 is 2.65 bits per heavy atom. The van der Waals surface area contributed by atoms with Crippen LogP contribution in [0.15, 0.2) is 40.4 Å². The number of rotatable bonds is 3. The maximum atomic E-state index is 13.3. The largest absolute Gasteiger partial charge is 0.372 e. The third-order valence-electron chi connectivity index (χ3n) is 5.62. The van der Waals surface area contributed by atoms with Gasteiger partial charge in [0.1, 0.15) is 11.2 Å². The summed E-state index contributed by atoms with van der Waals surface area (Å²) in [7, 11) is 0. The van der Waals surface area contributed by atoms with Gasteiger partial charge in [0, 0.05) is 25.3 Å². The molecule has 0 bridgehead atoms. The number of ether oxygens (including phenoxy) is 1. The zero-order valence-corrected chi connectivity index (χ0v) is 18.0. The van der Waals surface area contributed by atoms with Crippen molar-refractivity contribution in [2.24, 2.45) is 0 Å². The van der Waals surface area contributed by atoms with Gasteiger partial charge in [-0.05, 0) is 38.1 Å². The fraction of sp³-hybridized carbons (Fsp3) is 0.429. The number of carbonyl (C=O) groups is 1. The van der Waals surface area contributed by atoms with Crippen LogP contribution in [0.25, 0.3) is 16.7 Å². The van der Waals surface area contributed by atoms with E-state index in [0.29, 0.717) is 40.7 Å². The first kappa shape index (κ1) is 20.2. The molecule has 1 aromatic carbocycles. The predicted molar refractivity (Wildman–Crippen MR) is 114 cm³/mol. The number of hydrogen-bond donors (Lipinski definition) is 0. The SMILES string of the molecule is CC1CN(C(=O)CC2CSc3nc4c(cnn4-c4ccc(F)cc4)c(=O)n32)CC(C)O1. The number of amides is 1. The monoisotopic (exact) mass is 443 g/mol. The van der Waals surface area contributed by atoms with Gasteiger partial charge in [-0.2, -0.15) is 5.10 Å². The van der Waals surface area contributed by atoms with E-state index in [1.54, 1.807) is 16.7 Å². The van der Waals surface area contributed by atoms with Crippen LogP contribution in [0, 0.1) is 5.82 Å². The molecule has 8 nitrogen and oxygen atoms in total. The molecule has 0 spiro atoms. The maximum absolute atomic E-state index is 13.3. The molecule has 10 heteroatoms. The first-order valence-corrected chi connectivity index (χ1v) is 11.2. The molecule has 1 amide bonds. The lowest BCUT2D eigenvalue weighted by atomic mass is 10.1. The molecule has 3 atom stereocenters. The molecule has 2 aromatic heterocycles. The summed E-state index contributed by atoms with van der Waals surface area (Å²) in [6.45, 7) is 5.04. The van der Waals surface area contributed by atoms with Crippen LogP contribution in [-0.2, 0) is 9.53 Å². The summed E-state index contributed by atoms with van der Waals surface area (Å²) in [5, 5.41) is 5.24. The zero-order valence-electron chi connectivity index (χ0n) is 17.2. The molecule has 0 aliphatic carbocycles. The molecule has 1 saturated heterocycles. The van der Waals surface area contributed by atoms with Gasteiger partial charge in [0.15, 0.2) is 10.8 Å². The number of aromatic nitrogens is 4. The maximum Gasteiger partial charge on any atom is 0.265 e. The Labute approximate surface area is 182 Å². The van der Waals surface area contributed by atoms with Gasteiger partial charge in [-0.3, -0.25) is 14.2 Å². The number of nitrogens with zero attached hydrogens (tertiary/aromatic N) is 5. The quantitative estimate of drug-likeness (QED) is 0.578. The summed E-state index contributed by atoms with van der Waals surface area (Å²) >= 11 is 1.46. The average Bonchev–Trinajstić information content (AvgIpc) is 3.33. The van der Waals surface area contributed by atoms with Gasteiger partial charge in [0.05, 0.1) is 30.1 Å². The molecule has 0 saturated carbocycles. The van der Waals surface area contributed by atoms with Gasteiger partial charge >= 0.3 is 0 Å². The van der Waals surface area contributed by atoms with Crippen LogP contribution in [0.2, 0.25) is 0 Å². The van der Waals surface area contributed by atoms with E-state index in [2.05, 4.69) is 10.1 Å². The highest BCUT2D eigenvalue weighted by molar-refractivity contribution is 7.99. The normalized spacial score (nSPS) is 23.3. The van der Waals surface area contributed by atoms with Crippen LogP contribution in [0.1, 0.15) is 26.3 Å². The number of carbonyl (C=O) groups excluding carboxylic acids is 1. The topological polar surface area (TPSA) is 82.3 Å². The van der Waals surface area contributed by atoms with Crippen molar-refractivity contribution >= 4 is 28.7 Å². The third-order valence-corrected chi connectivity index (χ3v) is 6.72. The summed E-state index contributed by atoms with van der Waals surface area (Å²) in [6, 6.07) is 5.61. The van der Waals surface area contributed by atoms with Crippen molar-refractivity contribution < 1.29 is 13.9 Å². The number of halogens is 1. The Morgan fingerprint density at radius 1 is 1.23 bits per heavy atom. The lowest BCUT2D eigenvalue weighted by Crippen LogP contribution is -2.48. The van der Waals surface area contributed by atoms with Gasteiger partial charge in [-0.15, -0.1) is 0 Å². The molecule has 4 heterocycles. The lowest BCUT2D eigenvalue weighted by Gasteiger charge is -2.35. The molecule has 2 aliphatic rings. The van der Waals surface area contributed by atoms with Crippen molar-refractivity contribution in [1.29, 1.82) is 0 Å². The third kappa shape index (κ3) is 3.63. The highest BCUT2D eigenvalue weighted by Crippen LogP contribution is 2.34. The zero-order chi connectivity index (χ0) is 21.7. The number of benzene rings is 1. The Hall–Kier alpha value is -2.72. The second kappa shape index (κ2) is 7.76. The molecule has 0 N–H and O–H groups in total. The van der Waals surface area contributed by atoms with E-state index in [9.17, 15) is 14.0 Å². The van der Waals surface area contributed by atoms with Crippen LogP contribution in [0.4, 0.5) is 4.39 Å². The highest BCUT2D eigenvalue weighted by Gasteiger charge is 2.33. The lowest BCUT2D eigenvalue weighted by molar-refractivity contribution is -0.143. The molecular weight excluding hydrogens is 421 g/mol. The Kier molecular flexibility index (Phi) is 5.05. The molecule has 2 aliphatic heterocycles. The minimum absolute atomic E-state index is 0.000691. The molecule has 5 rings (SSSR count). The van der Waals surface area contributed by atoms with Crippen LogP contribution >= 0.6 is 11.8 Å². The van der Waals surface area contributed by atoms with Crippen LogP contribution < -0.4 is 5.56 Å². The van der Waals surface area contributed by atoms with Gasteiger partial charge in [0.2, 0.25) is 5.91 Å². The van der Waals surface area contributed by atoms with E-state index in [4.69, 9.17) is 4.74 Å². The molecule has 3 unspecified atom stereocenters. The van der Waals surface area contributed by atoms with E-state index in [-0.39, 0.29) is 42.0 Å². The molecule has 31 heavy (non-hydrogen) atoms. The van der Waals surface area contributed by atoms with E-state index in [0.717, 1.165) is 0 Å². The molecule has 0 radical (unpaired) electrons. The molecular formula is C21H22FN5O3S.